The Hall–Kier alpha value is -2.27. The third-order valence-electron chi connectivity index (χ3n) is 4.79. The molecule has 3 rings (SSSR count). The monoisotopic (exact) mass is 355 g/mol. The molecule has 1 aliphatic rings. The molecular formula is C21H29N3O2. The van der Waals surface area contributed by atoms with Crippen LogP contribution in [0.15, 0.2) is 36.5 Å². The van der Waals surface area contributed by atoms with E-state index in [-0.39, 0.29) is 6.04 Å². The van der Waals surface area contributed by atoms with Crippen LogP contribution in [0.5, 0.6) is 11.5 Å². The Morgan fingerprint density at radius 3 is 2.54 bits per heavy atom. The number of nitrogens with one attached hydrogen (secondary N) is 1. The molecule has 0 bridgehead atoms. The summed E-state index contributed by atoms with van der Waals surface area (Å²) in [5.74, 6) is 3.14. The van der Waals surface area contributed by atoms with E-state index in [1.165, 1.54) is 11.1 Å². The van der Waals surface area contributed by atoms with Crippen LogP contribution < -0.4 is 19.7 Å². The number of hydrogen-bond donors (Lipinski definition) is 1. The van der Waals surface area contributed by atoms with Gasteiger partial charge in [0.1, 0.15) is 19.0 Å². The van der Waals surface area contributed by atoms with Gasteiger partial charge in [0, 0.05) is 32.4 Å². The Bertz CT molecular complexity index is 716. The number of hydrogen-bond acceptors (Lipinski definition) is 5. The first-order valence-corrected chi connectivity index (χ1v) is 9.37. The fourth-order valence-corrected chi connectivity index (χ4v) is 3.13. The van der Waals surface area contributed by atoms with Gasteiger partial charge < -0.3 is 19.7 Å². The highest BCUT2D eigenvalue weighted by molar-refractivity contribution is 5.45. The molecule has 0 aliphatic carbocycles. The van der Waals surface area contributed by atoms with Gasteiger partial charge in [-0.15, -0.1) is 0 Å². The van der Waals surface area contributed by atoms with Crippen LogP contribution in [0, 0.1) is 5.92 Å². The summed E-state index contributed by atoms with van der Waals surface area (Å²) in [6, 6.07) is 10.7. The third-order valence-corrected chi connectivity index (χ3v) is 4.79. The van der Waals surface area contributed by atoms with Gasteiger partial charge in [-0.1, -0.05) is 26.0 Å². The molecule has 1 aromatic heterocycles. The van der Waals surface area contributed by atoms with Gasteiger partial charge >= 0.3 is 0 Å². The van der Waals surface area contributed by atoms with Crippen molar-refractivity contribution < 1.29 is 9.47 Å². The van der Waals surface area contributed by atoms with Gasteiger partial charge in [0.05, 0.1) is 0 Å². The van der Waals surface area contributed by atoms with E-state index in [9.17, 15) is 0 Å². The third kappa shape index (κ3) is 4.28. The zero-order chi connectivity index (χ0) is 18.5. The van der Waals surface area contributed by atoms with Crippen molar-refractivity contribution in [2.45, 2.75) is 33.4 Å². The van der Waals surface area contributed by atoms with Crippen LogP contribution in [0.2, 0.25) is 0 Å². The average molecular weight is 355 g/mol. The lowest BCUT2D eigenvalue weighted by molar-refractivity contribution is 0.171. The fourth-order valence-electron chi connectivity index (χ4n) is 3.13. The predicted octanol–water partition coefficient (Wildman–Crippen LogP) is 3.80. The first-order chi connectivity index (χ1) is 12.6. The maximum absolute atomic E-state index is 5.74. The van der Waals surface area contributed by atoms with Crippen LogP contribution in [0.4, 0.5) is 5.82 Å². The van der Waals surface area contributed by atoms with E-state index in [1.807, 2.05) is 12.3 Å². The van der Waals surface area contributed by atoms with Crippen LogP contribution in [0.3, 0.4) is 0 Å². The summed E-state index contributed by atoms with van der Waals surface area (Å²) < 4.78 is 11.4. The first-order valence-electron chi connectivity index (χ1n) is 9.37. The molecule has 1 aliphatic heterocycles. The molecule has 0 amide bonds. The van der Waals surface area contributed by atoms with Crippen molar-refractivity contribution in [2.75, 3.05) is 31.7 Å². The Morgan fingerprint density at radius 2 is 1.88 bits per heavy atom. The number of aromatic nitrogens is 1. The van der Waals surface area contributed by atoms with Crippen molar-refractivity contribution in [3.8, 4) is 11.5 Å². The van der Waals surface area contributed by atoms with E-state index in [2.05, 4.69) is 67.3 Å². The van der Waals surface area contributed by atoms with Gasteiger partial charge in [-0.05, 0) is 42.2 Å². The molecule has 5 heteroatoms. The van der Waals surface area contributed by atoms with Gasteiger partial charge in [0.2, 0.25) is 0 Å². The maximum atomic E-state index is 5.74. The number of rotatable bonds is 7. The highest BCUT2D eigenvalue weighted by Crippen LogP contribution is 2.34. The predicted molar refractivity (Wildman–Crippen MR) is 105 cm³/mol. The minimum absolute atomic E-state index is 0.240. The molecule has 2 heterocycles. The average Bonchev–Trinajstić information content (AvgIpc) is 2.67. The topological polar surface area (TPSA) is 46.6 Å². The molecule has 0 fully saturated rings. The number of nitrogens with zero attached hydrogens (tertiary/aromatic N) is 2. The smallest absolute Gasteiger partial charge is 0.161 e. The van der Waals surface area contributed by atoms with Gasteiger partial charge in [-0.3, -0.25) is 0 Å². The second kappa shape index (κ2) is 8.41. The molecule has 1 aromatic carbocycles. The molecule has 0 unspecified atom stereocenters. The van der Waals surface area contributed by atoms with E-state index < -0.39 is 0 Å². The summed E-state index contributed by atoms with van der Waals surface area (Å²) >= 11 is 0. The van der Waals surface area contributed by atoms with Crippen LogP contribution in [-0.4, -0.2) is 31.8 Å². The number of ether oxygens (including phenoxy) is 2. The van der Waals surface area contributed by atoms with Crippen molar-refractivity contribution in [3.05, 3.63) is 47.7 Å². The quantitative estimate of drug-likeness (QED) is 0.819. The van der Waals surface area contributed by atoms with Gasteiger partial charge in [0.25, 0.3) is 0 Å². The number of anilines is 1. The molecule has 0 radical (unpaired) electrons. The summed E-state index contributed by atoms with van der Waals surface area (Å²) in [6.45, 7) is 9.54. The van der Waals surface area contributed by atoms with Crippen molar-refractivity contribution in [3.63, 3.8) is 0 Å². The van der Waals surface area contributed by atoms with E-state index in [0.717, 1.165) is 30.4 Å². The summed E-state index contributed by atoms with van der Waals surface area (Å²) in [7, 11) is 2.05. The van der Waals surface area contributed by atoms with Crippen molar-refractivity contribution in [1.29, 1.82) is 0 Å². The summed E-state index contributed by atoms with van der Waals surface area (Å²) in [4.78, 5) is 6.68. The second-order valence-corrected chi connectivity index (χ2v) is 7.04. The van der Waals surface area contributed by atoms with Gasteiger partial charge in [-0.25, -0.2) is 4.98 Å². The van der Waals surface area contributed by atoms with E-state index in [4.69, 9.17) is 9.47 Å². The summed E-state index contributed by atoms with van der Waals surface area (Å²) in [5.41, 5.74) is 2.40. The molecule has 0 spiro atoms. The summed E-state index contributed by atoms with van der Waals surface area (Å²) in [5, 5.41) is 3.67. The molecule has 1 N–H and O–H groups in total. The van der Waals surface area contributed by atoms with E-state index in [0.29, 0.717) is 19.1 Å². The largest absolute Gasteiger partial charge is 0.486 e. The summed E-state index contributed by atoms with van der Waals surface area (Å²) in [6.07, 6.45) is 1.95. The van der Waals surface area contributed by atoms with Gasteiger partial charge in [-0.2, -0.15) is 0 Å². The zero-order valence-corrected chi connectivity index (χ0v) is 16.2. The second-order valence-electron chi connectivity index (χ2n) is 7.04. The number of pyridine rings is 1. The molecule has 5 nitrogen and oxygen atoms in total. The van der Waals surface area contributed by atoms with Crippen molar-refractivity contribution in [1.82, 2.24) is 10.3 Å². The Labute approximate surface area is 156 Å². The lowest BCUT2D eigenvalue weighted by Crippen LogP contribution is -2.26. The van der Waals surface area contributed by atoms with Crippen molar-refractivity contribution in [2.24, 2.45) is 5.92 Å². The highest BCUT2D eigenvalue weighted by Gasteiger charge is 2.19. The molecule has 2 aromatic rings. The zero-order valence-electron chi connectivity index (χ0n) is 16.2. The van der Waals surface area contributed by atoms with Crippen LogP contribution >= 0.6 is 0 Å². The van der Waals surface area contributed by atoms with Crippen LogP contribution in [0.25, 0.3) is 0 Å². The maximum Gasteiger partial charge on any atom is 0.161 e. The molecule has 1 atom stereocenters. The number of fused-ring (bicyclic) bond motifs is 1. The normalized spacial score (nSPS) is 14.3. The Kier molecular flexibility index (Phi) is 5.99. The molecule has 0 saturated carbocycles. The Morgan fingerprint density at radius 1 is 1.12 bits per heavy atom. The SMILES string of the molecule is CCN(C)c1ccc(CN[C@H](c2ccc3c(c2)OCCO3)C(C)C)cn1. The molecule has 140 valence electrons. The highest BCUT2D eigenvalue weighted by atomic mass is 16.6. The van der Waals surface area contributed by atoms with Crippen molar-refractivity contribution >= 4 is 5.82 Å². The van der Waals surface area contributed by atoms with E-state index >= 15 is 0 Å². The van der Waals surface area contributed by atoms with Crippen LogP contribution in [0.1, 0.15) is 37.9 Å². The number of benzene rings is 1. The first kappa shape index (κ1) is 18.5. The lowest BCUT2D eigenvalue weighted by atomic mass is 9.95. The standard InChI is InChI=1S/C21H29N3O2/c1-5-24(4)20-9-6-16(13-22-20)14-23-21(15(2)3)17-7-8-18-19(12-17)26-11-10-25-18/h6-9,12-13,15,21,23H,5,10-11,14H2,1-4H3/t21-/m0/s1. The lowest BCUT2D eigenvalue weighted by Gasteiger charge is -2.25. The minimum atomic E-state index is 0.240. The van der Waals surface area contributed by atoms with Crippen LogP contribution in [-0.2, 0) is 6.54 Å². The van der Waals surface area contributed by atoms with Gasteiger partial charge in [0.15, 0.2) is 11.5 Å². The molecular weight excluding hydrogens is 326 g/mol. The Balaban J connectivity index is 1.69. The molecule has 26 heavy (non-hydrogen) atoms. The molecule has 0 saturated heterocycles. The van der Waals surface area contributed by atoms with E-state index in [1.54, 1.807) is 0 Å². The minimum Gasteiger partial charge on any atom is -0.486 e. The fraction of sp³-hybridized carbons (Fsp3) is 0.476.